The minimum absolute atomic E-state index is 0.0184. The lowest BCUT2D eigenvalue weighted by Crippen LogP contribution is -2.36. The van der Waals surface area contributed by atoms with Crippen molar-refractivity contribution >= 4 is 28.7 Å². The maximum atomic E-state index is 5.98. The first-order valence-electron chi connectivity index (χ1n) is 13.2. The minimum Gasteiger partial charge on any atom is -0.378 e. The normalized spacial score (nSPS) is 22.9. The van der Waals surface area contributed by atoms with Crippen molar-refractivity contribution in [1.82, 2.24) is 14.9 Å². The number of nitrogens with one attached hydrogen (secondary N) is 1. The molecule has 2 atom stereocenters. The third-order valence-corrected chi connectivity index (χ3v) is 8.45. The van der Waals surface area contributed by atoms with Crippen LogP contribution >= 0.6 is 12.2 Å². The number of ether oxygens (including phenoxy) is 1. The summed E-state index contributed by atoms with van der Waals surface area (Å²) in [4.78, 5) is 9.43. The highest BCUT2D eigenvalue weighted by atomic mass is 32.1. The molecule has 0 amide bonds. The fourth-order valence-electron chi connectivity index (χ4n) is 6.42. The molecule has 3 aromatic rings. The number of rotatable bonds is 5. The Morgan fingerprint density at radius 1 is 0.972 bits per heavy atom. The number of pyridine rings is 1. The average Bonchev–Trinajstić information content (AvgIpc) is 3.63. The van der Waals surface area contributed by atoms with Gasteiger partial charge in [0.1, 0.15) is 0 Å². The van der Waals surface area contributed by atoms with Gasteiger partial charge in [-0.15, -0.1) is 0 Å². The number of aryl methyl sites for hydroxylation is 1. The molecule has 0 bridgehead atoms. The molecule has 0 spiro atoms. The smallest absolute Gasteiger partial charge is 0.174 e. The van der Waals surface area contributed by atoms with Crippen LogP contribution in [0.3, 0.4) is 0 Å². The number of hydrogen-bond acceptors (Lipinski definition) is 4. The number of thiocarbonyl (C=S) groups is 1. The van der Waals surface area contributed by atoms with E-state index >= 15 is 0 Å². The molecule has 7 heteroatoms. The summed E-state index contributed by atoms with van der Waals surface area (Å²) in [5.74, 6) is 0. The van der Waals surface area contributed by atoms with E-state index in [0.717, 1.165) is 42.8 Å². The van der Waals surface area contributed by atoms with Crippen LogP contribution in [0.1, 0.15) is 66.5 Å². The molecule has 188 valence electrons. The van der Waals surface area contributed by atoms with Crippen molar-refractivity contribution in [3.05, 3.63) is 77.4 Å². The Kier molecular flexibility index (Phi) is 6.44. The van der Waals surface area contributed by atoms with Gasteiger partial charge in [-0.3, -0.25) is 4.98 Å². The fourth-order valence-corrected chi connectivity index (χ4v) is 6.77. The lowest BCUT2D eigenvalue weighted by molar-refractivity contribution is 0.122. The number of anilines is 2. The van der Waals surface area contributed by atoms with Gasteiger partial charge in [-0.05, 0) is 86.9 Å². The zero-order chi connectivity index (χ0) is 24.6. The molecule has 2 aliphatic heterocycles. The van der Waals surface area contributed by atoms with Crippen molar-refractivity contribution in [2.45, 2.75) is 57.7 Å². The van der Waals surface area contributed by atoms with Crippen molar-refractivity contribution < 1.29 is 4.74 Å². The first-order valence-corrected chi connectivity index (χ1v) is 13.6. The van der Waals surface area contributed by atoms with E-state index < -0.39 is 0 Å². The Balaban J connectivity index is 1.40. The van der Waals surface area contributed by atoms with E-state index in [0.29, 0.717) is 6.04 Å². The summed E-state index contributed by atoms with van der Waals surface area (Å²) < 4.78 is 8.12. The van der Waals surface area contributed by atoms with Crippen molar-refractivity contribution in [2.75, 3.05) is 36.1 Å². The molecule has 1 aromatic carbocycles. The lowest BCUT2D eigenvalue weighted by atomic mass is 9.96. The predicted octanol–water partition coefficient (Wildman–Crippen LogP) is 5.63. The van der Waals surface area contributed by atoms with Crippen LogP contribution in [0.15, 0.2) is 54.7 Å². The van der Waals surface area contributed by atoms with Gasteiger partial charge in [-0.25, -0.2) is 0 Å². The van der Waals surface area contributed by atoms with Crippen LogP contribution in [-0.2, 0) is 4.74 Å². The average molecular weight is 502 g/mol. The first kappa shape index (κ1) is 23.5. The number of aromatic nitrogens is 2. The largest absolute Gasteiger partial charge is 0.378 e. The van der Waals surface area contributed by atoms with Gasteiger partial charge in [0.25, 0.3) is 0 Å². The van der Waals surface area contributed by atoms with Gasteiger partial charge in [0.05, 0.1) is 31.0 Å². The van der Waals surface area contributed by atoms with E-state index in [9.17, 15) is 0 Å². The van der Waals surface area contributed by atoms with E-state index in [1.54, 1.807) is 0 Å². The predicted molar refractivity (Wildman–Crippen MR) is 149 cm³/mol. The summed E-state index contributed by atoms with van der Waals surface area (Å²) >= 11 is 5.98. The van der Waals surface area contributed by atoms with E-state index in [4.69, 9.17) is 21.9 Å². The summed E-state index contributed by atoms with van der Waals surface area (Å²) in [5, 5.41) is 4.38. The van der Waals surface area contributed by atoms with Crippen molar-refractivity contribution in [3.8, 4) is 0 Å². The van der Waals surface area contributed by atoms with Crippen LogP contribution in [0.5, 0.6) is 0 Å². The second-order valence-corrected chi connectivity index (χ2v) is 10.6. The topological polar surface area (TPSA) is 45.6 Å². The van der Waals surface area contributed by atoms with Crippen LogP contribution in [0.4, 0.5) is 11.4 Å². The van der Waals surface area contributed by atoms with E-state index in [1.807, 2.05) is 12.3 Å². The van der Waals surface area contributed by atoms with Gasteiger partial charge in [-0.1, -0.05) is 18.9 Å². The van der Waals surface area contributed by atoms with Gasteiger partial charge in [0, 0.05) is 48.1 Å². The van der Waals surface area contributed by atoms with E-state index in [2.05, 4.69) is 76.0 Å². The summed E-state index contributed by atoms with van der Waals surface area (Å²) in [6.07, 6.45) is 7.06. The fraction of sp³-hybridized carbons (Fsp3) is 0.448. The van der Waals surface area contributed by atoms with E-state index in [-0.39, 0.29) is 12.1 Å². The maximum absolute atomic E-state index is 5.98. The Morgan fingerprint density at radius 3 is 2.39 bits per heavy atom. The molecule has 3 aliphatic rings. The van der Waals surface area contributed by atoms with E-state index in [1.165, 1.54) is 48.3 Å². The second kappa shape index (κ2) is 9.87. The molecule has 1 saturated carbocycles. The van der Waals surface area contributed by atoms with Crippen LogP contribution in [-0.4, -0.2) is 41.0 Å². The zero-order valence-electron chi connectivity index (χ0n) is 21.2. The number of hydrogen-bond donors (Lipinski definition) is 1. The Hall–Kier alpha value is -2.90. The molecule has 6 rings (SSSR count). The highest BCUT2D eigenvalue weighted by molar-refractivity contribution is 7.80. The molecule has 1 aliphatic carbocycles. The third kappa shape index (κ3) is 4.18. The van der Waals surface area contributed by atoms with Crippen LogP contribution in [0, 0.1) is 13.8 Å². The Morgan fingerprint density at radius 2 is 1.69 bits per heavy atom. The molecule has 1 N–H and O–H groups in total. The van der Waals surface area contributed by atoms with Gasteiger partial charge in [0.15, 0.2) is 5.11 Å². The van der Waals surface area contributed by atoms with Crippen molar-refractivity contribution in [1.29, 1.82) is 0 Å². The molecule has 2 aromatic heterocycles. The number of nitrogens with zero attached hydrogens (tertiary/aromatic N) is 4. The number of morpholine rings is 1. The van der Waals surface area contributed by atoms with Gasteiger partial charge in [-0.2, -0.15) is 0 Å². The molecule has 0 radical (unpaired) electrons. The highest BCUT2D eigenvalue weighted by Gasteiger charge is 2.42. The highest BCUT2D eigenvalue weighted by Crippen LogP contribution is 2.45. The summed E-state index contributed by atoms with van der Waals surface area (Å²) in [6, 6.07) is 18.0. The Bertz CT molecular complexity index is 1210. The molecule has 2 saturated heterocycles. The SMILES string of the molecule is Cc1cc([C@H]2[C@@H](c3ccccn3)NC(=S)N2c2ccc(N3CCOCC3)cc2)c(C)n1C1CCCC1. The lowest BCUT2D eigenvalue weighted by Gasteiger charge is -2.31. The van der Waals surface area contributed by atoms with Crippen LogP contribution < -0.4 is 15.1 Å². The summed E-state index contributed by atoms with van der Waals surface area (Å²) in [7, 11) is 0. The zero-order valence-corrected chi connectivity index (χ0v) is 22.0. The molecular formula is C29H35N5OS. The van der Waals surface area contributed by atoms with Gasteiger partial charge >= 0.3 is 0 Å². The van der Waals surface area contributed by atoms with Crippen LogP contribution in [0.25, 0.3) is 0 Å². The quantitative estimate of drug-likeness (QED) is 0.457. The maximum Gasteiger partial charge on any atom is 0.174 e. The second-order valence-electron chi connectivity index (χ2n) is 10.2. The molecule has 36 heavy (non-hydrogen) atoms. The standard InChI is InChI=1S/C29H35N5OS/c1-20-19-25(21(2)33(20)23-7-3-4-8-23)28-27(26-9-5-6-14-30-26)31-29(36)34(28)24-12-10-22(11-13-24)32-15-17-35-18-16-32/h5-6,9-14,19,23,27-28H,3-4,7-8,15-18H2,1-2H3,(H,31,36)/t27-,28+/m1/s1. The van der Waals surface area contributed by atoms with Crippen molar-refractivity contribution in [2.24, 2.45) is 0 Å². The molecular weight excluding hydrogens is 466 g/mol. The molecule has 4 heterocycles. The van der Waals surface area contributed by atoms with Gasteiger partial charge < -0.3 is 24.4 Å². The summed E-state index contributed by atoms with van der Waals surface area (Å²) in [6.45, 7) is 7.98. The molecule has 0 unspecified atom stereocenters. The Labute approximate surface area is 219 Å². The first-order chi connectivity index (χ1) is 17.6. The molecule has 6 nitrogen and oxygen atoms in total. The third-order valence-electron chi connectivity index (χ3n) is 8.13. The number of benzene rings is 1. The minimum atomic E-state index is -0.0184. The monoisotopic (exact) mass is 501 g/mol. The summed E-state index contributed by atoms with van der Waals surface area (Å²) in [5.41, 5.74) is 7.39. The van der Waals surface area contributed by atoms with Crippen molar-refractivity contribution in [3.63, 3.8) is 0 Å². The molecule has 3 fully saturated rings. The van der Waals surface area contributed by atoms with Gasteiger partial charge in [0.2, 0.25) is 0 Å². The van der Waals surface area contributed by atoms with Crippen LogP contribution in [0.2, 0.25) is 0 Å².